The van der Waals surface area contributed by atoms with Crippen LogP contribution in [0.3, 0.4) is 0 Å². The highest BCUT2D eigenvalue weighted by atomic mass is 33.1. The number of hydrogen-bond donors (Lipinski definition) is 6. The minimum atomic E-state index is -3.71. The van der Waals surface area contributed by atoms with Crippen molar-refractivity contribution >= 4 is 55.4 Å². The maximum Gasteiger partial charge on any atom is 0.327 e. The van der Waals surface area contributed by atoms with Gasteiger partial charge in [-0.1, -0.05) is 0 Å². The summed E-state index contributed by atoms with van der Waals surface area (Å²) in [6.45, 7) is -4.73. The summed E-state index contributed by atoms with van der Waals surface area (Å²) in [5.74, 6) is -9.77. The second-order valence-electron chi connectivity index (χ2n) is 6.55. The molecule has 0 aromatic carbocycles. The smallest absolute Gasteiger partial charge is 0.327 e. The van der Waals surface area contributed by atoms with Gasteiger partial charge in [0.2, 0.25) is 5.91 Å². The van der Waals surface area contributed by atoms with E-state index in [0.717, 1.165) is 6.26 Å². The van der Waals surface area contributed by atoms with Gasteiger partial charge >= 0.3 is 29.8 Å². The first-order valence-electron chi connectivity index (χ1n) is 8.73. The summed E-state index contributed by atoms with van der Waals surface area (Å²) in [5, 5.41) is 47.3. The Morgan fingerprint density at radius 3 is 1.58 bits per heavy atom. The summed E-state index contributed by atoms with van der Waals surface area (Å²) in [6, 6.07) is -3.62. The molecule has 0 spiro atoms. The van der Waals surface area contributed by atoms with Gasteiger partial charge in [0, 0.05) is 18.6 Å². The number of carboxylic acids is 5. The lowest BCUT2D eigenvalue weighted by molar-refractivity contribution is -0.149. The third kappa shape index (κ3) is 13.9. The molecular weight excluding hydrogens is 494 g/mol. The Kier molecular flexibility index (Phi) is 12.3. The first kappa shape index (κ1) is 30.0. The van der Waals surface area contributed by atoms with Gasteiger partial charge in [-0.15, -0.1) is 0 Å². The van der Waals surface area contributed by atoms with Crippen LogP contribution >= 0.6 is 10.8 Å². The van der Waals surface area contributed by atoms with E-state index in [-0.39, 0.29) is 10.8 Å². The molecule has 0 bridgehead atoms. The van der Waals surface area contributed by atoms with E-state index in [1.807, 2.05) is 5.32 Å². The van der Waals surface area contributed by atoms with Crippen LogP contribution in [0.2, 0.25) is 0 Å². The number of carbonyl (C=O) groups excluding carboxylic acids is 1. The van der Waals surface area contributed by atoms with E-state index in [1.165, 1.54) is 0 Å². The van der Waals surface area contributed by atoms with Crippen LogP contribution in [0.4, 0.5) is 0 Å². The standard InChI is InChI=1S/C15H23N3O13S2/c1-33(30,31)32-7-8(15(28)29)16-14(27)9(18(5-12(23)24)6-13(25)26)2-17(3-10(19)20)4-11(21)22/h8-9H,2-7H2,1H3,(H,16,27)(H,19,20)(H,21,22)(H,23,24)(H,25,26)(H,28,29)/t8-,9-/m0/s1. The Balaban J connectivity index is 6.05. The highest BCUT2D eigenvalue weighted by Crippen LogP contribution is 2.12. The van der Waals surface area contributed by atoms with Gasteiger partial charge in [-0.2, -0.15) is 0 Å². The van der Waals surface area contributed by atoms with Crippen LogP contribution in [0.25, 0.3) is 0 Å². The molecular formula is C15H23N3O13S2. The third-order valence-corrected chi connectivity index (χ3v) is 6.22. The molecule has 0 aliphatic heterocycles. The number of carboxylic acid groups (broad SMARTS) is 5. The predicted molar refractivity (Wildman–Crippen MR) is 109 cm³/mol. The Morgan fingerprint density at radius 2 is 1.24 bits per heavy atom. The second kappa shape index (κ2) is 13.6. The highest BCUT2D eigenvalue weighted by Gasteiger charge is 2.34. The van der Waals surface area contributed by atoms with Crippen molar-refractivity contribution in [2.75, 3.05) is 44.7 Å². The van der Waals surface area contributed by atoms with E-state index < -0.39 is 95.2 Å². The molecule has 0 aliphatic rings. The van der Waals surface area contributed by atoms with Crippen LogP contribution in [-0.2, 0) is 37.6 Å². The average molecular weight is 517 g/mol. The summed E-state index contributed by atoms with van der Waals surface area (Å²) < 4.78 is 22.6. The molecule has 33 heavy (non-hydrogen) atoms. The Bertz CT molecular complexity index is 844. The molecule has 2 atom stereocenters. The summed E-state index contributed by atoms with van der Waals surface area (Å²) in [7, 11) is -3.51. The molecule has 0 saturated heterocycles. The molecule has 188 valence electrons. The van der Waals surface area contributed by atoms with Crippen molar-refractivity contribution in [2.45, 2.75) is 12.1 Å². The second-order valence-corrected chi connectivity index (χ2v) is 11.1. The lowest BCUT2D eigenvalue weighted by Gasteiger charge is -2.32. The number of hydrogen-bond acceptors (Lipinski definition) is 11. The topological polar surface area (TPSA) is 256 Å². The van der Waals surface area contributed by atoms with Crippen LogP contribution in [0.1, 0.15) is 0 Å². The molecule has 0 unspecified atom stereocenters. The fourth-order valence-electron chi connectivity index (χ4n) is 2.43. The molecule has 6 N–H and O–H groups in total. The van der Waals surface area contributed by atoms with Crippen molar-refractivity contribution in [3.8, 4) is 0 Å². The zero-order chi connectivity index (χ0) is 25.9. The average Bonchev–Trinajstić information content (AvgIpc) is 2.59. The maximum atomic E-state index is 12.8. The zero-order valence-electron chi connectivity index (χ0n) is 17.1. The minimum absolute atomic E-state index is 0.193. The van der Waals surface area contributed by atoms with E-state index in [4.69, 9.17) is 20.4 Å². The van der Waals surface area contributed by atoms with Crippen molar-refractivity contribution in [1.29, 1.82) is 0 Å². The van der Waals surface area contributed by atoms with Crippen LogP contribution in [0, 0.1) is 0 Å². The largest absolute Gasteiger partial charge is 0.480 e. The van der Waals surface area contributed by atoms with E-state index in [1.54, 1.807) is 0 Å². The van der Waals surface area contributed by atoms with Gasteiger partial charge in [0.05, 0.1) is 26.2 Å². The fourth-order valence-corrected chi connectivity index (χ4v) is 4.19. The molecule has 0 aromatic heterocycles. The Hall–Kier alpha value is -2.96. The SMILES string of the molecule is CS(=O)(=O)SC[C@H](NC(=O)[C@H](CN(CC(=O)O)CC(=O)O)N(CC(=O)O)CC(=O)O)C(=O)O. The first-order valence-corrected chi connectivity index (χ1v) is 12.1. The molecule has 0 fully saturated rings. The Morgan fingerprint density at radius 1 is 0.818 bits per heavy atom. The molecule has 0 aliphatic carbocycles. The molecule has 0 saturated carbocycles. The van der Waals surface area contributed by atoms with Crippen molar-refractivity contribution in [3.05, 3.63) is 0 Å². The fraction of sp³-hybridized carbons (Fsp3) is 0.600. The van der Waals surface area contributed by atoms with Gasteiger partial charge in [-0.3, -0.25) is 33.8 Å². The number of amides is 1. The summed E-state index contributed by atoms with van der Waals surface area (Å²) >= 11 is 0. The number of nitrogens with zero attached hydrogens (tertiary/aromatic N) is 2. The number of aliphatic carboxylic acids is 5. The third-order valence-electron chi connectivity index (χ3n) is 3.63. The quantitative estimate of drug-likeness (QED) is 0.103. The number of nitrogens with one attached hydrogen (secondary N) is 1. The highest BCUT2D eigenvalue weighted by molar-refractivity contribution is 8.71. The van der Waals surface area contributed by atoms with Gasteiger partial charge in [0.15, 0.2) is 8.87 Å². The number of rotatable bonds is 17. The monoisotopic (exact) mass is 517 g/mol. The molecule has 0 radical (unpaired) electrons. The van der Waals surface area contributed by atoms with Crippen molar-refractivity contribution in [2.24, 2.45) is 0 Å². The number of carbonyl (C=O) groups is 6. The van der Waals surface area contributed by atoms with Crippen LogP contribution in [0.5, 0.6) is 0 Å². The molecule has 1 amide bonds. The summed E-state index contributed by atoms with van der Waals surface area (Å²) in [5.41, 5.74) is 0. The van der Waals surface area contributed by atoms with Crippen LogP contribution < -0.4 is 5.32 Å². The maximum absolute atomic E-state index is 12.8. The zero-order valence-corrected chi connectivity index (χ0v) is 18.7. The molecule has 0 rings (SSSR count). The lowest BCUT2D eigenvalue weighted by Crippen LogP contribution is -2.58. The van der Waals surface area contributed by atoms with Crippen LogP contribution in [-0.4, -0.2) is 136 Å². The van der Waals surface area contributed by atoms with Crippen molar-refractivity contribution in [3.63, 3.8) is 0 Å². The summed E-state index contributed by atoms with van der Waals surface area (Å²) in [6.07, 6.45) is 0.790. The van der Waals surface area contributed by atoms with Crippen LogP contribution in [0.15, 0.2) is 0 Å². The first-order chi connectivity index (χ1) is 15.0. The van der Waals surface area contributed by atoms with E-state index in [2.05, 4.69) is 0 Å². The van der Waals surface area contributed by atoms with Gasteiger partial charge < -0.3 is 30.8 Å². The van der Waals surface area contributed by atoms with E-state index in [0.29, 0.717) is 9.80 Å². The van der Waals surface area contributed by atoms with Crippen molar-refractivity contribution in [1.82, 2.24) is 15.1 Å². The van der Waals surface area contributed by atoms with Gasteiger partial charge in [-0.05, 0) is 10.8 Å². The van der Waals surface area contributed by atoms with E-state index >= 15 is 0 Å². The van der Waals surface area contributed by atoms with Gasteiger partial charge in [0.1, 0.15) is 12.1 Å². The minimum Gasteiger partial charge on any atom is -0.480 e. The normalized spacial score (nSPS) is 13.3. The summed E-state index contributed by atoms with van der Waals surface area (Å²) in [4.78, 5) is 69.9. The predicted octanol–water partition coefficient (Wildman–Crippen LogP) is -3.44. The molecule has 0 aromatic rings. The van der Waals surface area contributed by atoms with E-state index in [9.17, 15) is 42.3 Å². The molecule has 16 nitrogen and oxygen atoms in total. The molecule has 0 heterocycles. The Labute approximate surface area is 190 Å². The van der Waals surface area contributed by atoms with Gasteiger partial charge in [0.25, 0.3) is 0 Å². The van der Waals surface area contributed by atoms with Gasteiger partial charge in [-0.25, -0.2) is 13.2 Å². The van der Waals surface area contributed by atoms with Crippen molar-refractivity contribution < 1.29 is 62.7 Å². The lowest BCUT2D eigenvalue weighted by atomic mass is 10.1. The molecule has 18 heteroatoms.